The zero-order chi connectivity index (χ0) is 23.3. The Hall–Kier alpha value is -3.51. The number of hydrogen-bond acceptors (Lipinski definition) is 11. The van der Waals surface area contributed by atoms with Crippen LogP contribution in [0.1, 0.15) is 6.92 Å². The molecule has 170 valence electrons. The third-order valence-corrected chi connectivity index (χ3v) is 5.23. The van der Waals surface area contributed by atoms with Crippen LogP contribution in [0.3, 0.4) is 0 Å². The quantitative estimate of drug-likeness (QED) is 0.276. The number of aliphatic hydroxyl groups is 3. The Morgan fingerprint density at radius 1 is 0.875 bits per heavy atom. The van der Waals surface area contributed by atoms with Gasteiger partial charge in [0.1, 0.15) is 35.0 Å². The summed E-state index contributed by atoms with van der Waals surface area (Å²) in [6, 6.07) is 5.78. The third-order valence-electron chi connectivity index (χ3n) is 5.23. The van der Waals surface area contributed by atoms with Gasteiger partial charge >= 0.3 is 0 Å². The molecule has 0 bridgehead atoms. The van der Waals surface area contributed by atoms with E-state index in [-0.39, 0.29) is 28.0 Å². The topological polar surface area (TPSA) is 190 Å². The molecule has 2 heterocycles. The van der Waals surface area contributed by atoms with E-state index in [4.69, 9.17) is 13.9 Å². The van der Waals surface area contributed by atoms with Crippen molar-refractivity contribution in [3.63, 3.8) is 0 Å². The van der Waals surface area contributed by atoms with Crippen molar-refractivity contribution in [2.75, 3.05) is 0 Å². The van der Waals surface area contributed by atoms with Crippen molar-refractivity contribution in [3.8, 4) is 40.1 Å². The van der Waals surface area contributed by atoms with Crippen LogP contribution >= 0.6 is 0 Å². The molecule has 0 amide bonds. The van der Waals surface area contributed by atoms with Crippen molar-refractivity contribution in [2.45, 2.75) is 37.6 Å². The Bertz CT molecular complexity index is 1230. The van der Waals surface area contributed by atoms with E-state index in [1.54, 1.807) is 0 Å². The van der Waals surface area contributed by atoms with Gasteiger partial charge in [0.15, 0.2) is 28.4 Å². The molecule has 1 fully saturated rings. The van der Waals surface area contributed by atoms with E-state index < -0.39 is 59.1 Å². The molecule has 0 spiro atoms. The van der Waals surface area contributed by atoms with E-state index in [2.05, 4.69) is 0 Å². The smallest absolute Gasteiger partial charge is 0.229 e. The van der Waals surface area contributed by atoms with Crippen LogP contribution in [0, 0.1) is 0 Å². The molecular weight excluding hydrogens is 428 g/mol. The fraction of sp³-hybridized carbons (Fsp3) is 0.286. The minimum atomic E-state index is -1.71. The monoisotopic (exact) mass is 448 g/mol. The highest BCUT2D eigenvalue weighted by molar-refractivity contribution is 5.89. The van der Waals surface area contributed by atoms with Crippen molar-refractivity contribution in [3.05, 3.63) is 40.6 Å². The van der Waals surface area contributed by atoms with Gasteiger partial charge in [0.2, 0.25) is 12.0 Å². The Labute approximate surface area is 179 Å². The maximum absolute atomic E-state index is 12.7. The minimum absolute atomic E-state index is 0.0118. The molecule has 32 heavy (non-hydrogen) atoms. The highest BCUT2D eigenvalue weighted by Crippen LogP contribution is 2.43. The second-order valence-electron chi connectivity index (χ2n) is 7.42. The van der Waals surface area contributed by atoms with Crippen molar-refractivity contribution < 1.29 is 49.6 Å². The molecular formula is C21H20O11. The fourth-order valence-electron chi connectivity index (χ4n) is 3.43. The van der Waals surface area contributed by atoms with Gasteiger partial charge < -0.3 is 49.6 Å². The number of aromatic hydroxyl groups is 4. The van der Waals surface area contributed by atoms with Gasteiger partial charge in [0.25, 0.3) is 0 Å². The summed E-state index contributed by atoms with van der Waals surface area (Å²) >= 11 is 0. The van der Waals surface area contributed by atoms with Crippen LogP contribution in [0.25, 0.3) is 22.3 Å². The highest BCUT2D eigenvalue weighted by atomic mass is 16.7. The van der Waals surface area contributed by atoms with Gasteiger partial charge in [-0.2, -0.15) is 0 Å². The molecule has 0 aliphatic carbocycles. The molecule has 4 rings (SSSR count). The van der Waals surface area contributed by atoms with Crippen molar-refractivity contribution >= 4 is 11.0 Å². The molecule has 1 aliphatic heterocycles. The summed E-state index contributed by atoms with van der Waals surface area (Å²) in [6.45, 7) is 1.42. The lowest BCUT2D eigenvalue weighted by Crippen LogP contribution is -2.58. The molecule has 3 aromatic rings. The molecule has 5 atom stereocenters. The molecule has 1 aromatic heterocycles. The number of benzene rings is 2. The lowest BCUT2D eigenvalue weighted by molar-refractivity contribution is -0.268. The van der Waals surface area contributed by atoms with Crippen LogP contribution in [0.5, 0.6) is 28.7 Å². The van der Waals surface area contributed by atoms with Crippen molar-refractivity contribution in [1.29, 1.82) is 0 Å². The summed E-state index contributed by atoms with van der Waals surface area (Å²) in [5, 5.41) is 69.5. The first-order valence-electron chi connectivity index (χ1n) is 9.50. The Morgan fingerprint density at radius 2 is 1.59 bits per heavy atom. The van der Waals surface area contributed by atoms with Crippen molar-refractivity contribution in [2.24, 2.45) is 0 Å². The Morgan fingerprint density at radius 3 is 2.28 bits per heavy atom. The van der Waals surface area contributed by atoms with E-state index >= 15 is 0 Å². The number of phenolic OH excluding ortho intramolecular Hbond substituents is 4. The summed E-state index contributed by atoms with van der Waals surface area (Å²) in [6.07, 6.45) is -7.20. The second-order valence-corrected chi connectivity index (χ2v) is 7.42. The molecule has 7 N–H and O–H groups in total. The Kier molecular flexibility index (Phi) is 5.34. The number of aliphatic hydroxyl groups excluding tert-OH is 3. The number of phenols is 4. The van der Waals surface area contributed by atoms with Gasteiger partial charge in [-0.25, -0.2) is 0 Å². The van der Waals surface area contributed by atoms with Gasteiger partial charge in [0.05, 0.1) is 6.10 Å². The summed E-state index contributed by atoms with van der Waals surface area (Å²) in [7, 11) is 0. The molecule has 2 aromatic carbocycles. The second kappa shape index (κ2) is 7.88. The van der Waals surface area contributed by atoms with Gasteiger partial charge in [-0.1, -0.05) is 0 Å². The van der Waals surface area contributed by atoms with Crippen molar-refractivity contribution in [1.82, 2.24) is 0 Å². The summed E-state index contributed by atoms with van der Waals surface area (Å²) in [4.78, 5) is 12.7. The van der Waals surface area contributed by atoms with Crippen LogP contribution < -0.4 is 10.2 Å². The first-order valence-corrected chi connectivity index (χ1v) is 9.50. The summed E-state index contributed by atoms with van der Waals surface area (Å²) in [5.74, 6) is -2.87. The van der Waals surface area contributed by atoms with Gasteiger partial charge in [-0.05, 0) is 25.1 Å². The van der Waals surface area contributed by atoms with E-state index in [0.717, 1.165) is 12.1 Å². The average molecular weight is 448 g/mol. The lowest BCUT2D eigenvalue weighted by atomic mass is 10.00. The standard InChI is InChI=1S/C21H20O11/c1-7-16(26)18(28)19(29)21(30-7)32-20-12(25)6-14-15(17(20)27)11(24)5-13(31-14)8-2-3-9(22)10(23)4-8/h2-7,16,18-19,21-23,25-29H,1H3/t7-,16-,18+,19-,21-/m0/s1. The van der Waals surface area contributed by atoms with Crippen LogP contribution in [-0.4, -0.2) is 66.5 Å². The highest BCUT2D eigenvalue weighted by Gasteiger charge is 2.43. The first-order chi connectivity index (χ1) is 15.1. The molecule has 0 unspecified atom stereocenters. The first kappa shape index (κ1) is 21.7. The maximum Gasteiger partial charge on any atom is 0.229 e. The maximum atomic E-state index is 12.7. The van der Waals surface area contributed by atoms with E-state index in [9.17, 15) is 40.5 Å². The average Bonchev–Trinajstić information content (AvgIpc) is 2.74. The minimum Gasteiger partial charge on any atom is -0.504 e. The van der Waals surface area contributed by atoms with E-state index in [1.165, 1.54) is 25.1 Å². The van der Waals surface area contributed by atoms with Crippen LogP contribution in [0.4, 0.5) is 0 Å². The van der Waals surface area contributed by atoms with E-state index in [0.29, 0.717) is 0 Å². The molecule has 1 aliphatic rings. The predicted octanol–water partition coefficient (Wildman–Crippen LogP) is 0.489. The third kappa shape index (κ3) is 3.56. The van der Waals surface area contributed by atoms with Gasteiger partial charge in [-0.15, -0.1) is 0 Å². The number of ether oxygens (including phenoxy) is 2. The summed E-state index contributed by atoms with van der Waals surface area (Å²) < 4.78 is 16.2. The largest absolute Gasteiger partial charge is 0.504 e. The van der Waals surface area contributed by atoms with Gasteiger partial charge in [-0.3, -0.25) is 4.79 Å². The SMILES string of the molecule is C[C@@H]1O[C@@H](Oc2c(O)cc3oc(-c4ccc(O)c(O)c4)cc(=O)c3c2O)[C@@H](O)[C@H](O)[C@H]1O. The molecule has 1 saturated heterocycles. The summed E-state index contributed by atoms with van der Waals surface area (Å²) in [5.41, 5.74) is -0.680. The van der Waals surface area contributed by atoms with Gasteiger partial charge in [0, 0.05) is 17.7 Å². The van der Waals surface area contributed by atoms with Crippen LogP contribution in [0.15, 0.2) is 39.5 Å². The number of rotatable bonds is 3. The zero-order valence-electron chi connectivity index (χ0n) is 16.5. The van der Waals surface area contributed by atoms with Crippen LogP contribution in [-0.2, 0) is 4.74 Å². The normalized spacial score (nSPS) is 25.7. The Balaban J connectivity index is 1.76. The molecule has 11 nitrogen and oxygen atoms in total. The molecule has 0 saturated carbocycles. The fourth-order valence-corrected chi connectivity index (χ4v) is 3.43. The molecule has 0 radical (unpaired) electrons. The van der Waals surface area contributed by atoms with Crippen LogP contribution in [0.2, 0.25) is 0 Å². The predicted molar refractivity (Wildman–Crippen MR) is 108 cm³/mol. The zero-order valence-corrected chi connectivity index (χ0v) is 16.5. The molecule has 11 heteroatoms. The number of hydrogen-bond donors (Lipinski definition) is 7. The number of fused-ring (bicyclic) bond motifs is 1. The van der Waals surface area contributed by atoms with E-state index in [1.807, 2.05) is 0 Å². The lowest BCUT2D eigenvalue weighted by Gasteiger charge is -2.38.